The second-order valence-corrected chi connectivity index (χ2v) is 2.80. The highest BCUT2D eigenvalue weighted by atomic mass is 19.1. The number of halogens is 1. The minimum absolute atomic E-state index is 0.685. The van der Waals surface area contributed by atoms with E-state index in [1.165, 1.54) is 0 Å². The minimum atomic E-state index is -2.17. The molecule has 4 atom stereocenters. The highest BCUT2D eigenvalue weighted by Crippen LogP contribution is 2.22. The van der Waals surface area contributed by atoms with Gasteiger partial charge >= 0.3 is 5.97 Å². The summed E-state index contributed by atoms with van der Waals surface area (Å²) in [5.74, 6) is -1.56. The molecule has 0 saturated carbocycles. The van der Waals surface area contributed by atoms with Crippen LogP contribution in [0.1, 0.15) is 0 Å². The van der Waals surface area contributed by atoms with Crippen molar-refractivity contribution in [3.63, 3.8) is 0 Å². The van der Waals surface area contributed by atoms with Crippen LogP contribution in [0.15, 0.2) is 11.6 Å². The Labute approximate surface area is 72.7 Å². The summed E-state index contributed by atoms with van der Waals surface area (Å²) in [6, 6.07) is 0. The molecule has 0 fully saturated rings. The van der Waals surface area contributed by atoms with E-state index < -0.39 is 36.0 Å². The molecule has 1 aliphatic carbocycles. The molecule has 0 saturated heterocycles. The predicted octanol–water partition coefficient (Wildman–Crippen LogP) is -1.57. The van der Waals surface area contributed by atoms with Crippen molar-refractivity contribution in [2.24, 2.45) is 0 Å². The van der Waals surface area contributed by atoms with Gasteiger partial charge in [0.15, 0.2) is 6.17 Å². The van der Waals surface area contributed by atoms with Crippen LogP contribution in [0.4, 0.5) is 4.39 Å². The topological polar surface area (TPSA) is 98.0 Å². The summed E-state index contributed by atoms with van der Waals surface area (Å²) in [5.41, 5.74) is -0.731. The van der Waals surface area contributed by atoms with Gasteiger partial charge < -0.3 is 20.4 Å². The number of rotatable bonds is 1. The van der Waals surface area contributed by atoms with Crippen molar-refractivity contribution >= 4 is 5.97 Å². The molecule has 74 valence electrons. The van der Waals surface area contributed by atoms with Crippen LogP contribution in [-0.2, 0) is 4.79 Å². The van der Waals surface area contributed by atoms with Crippen LogP contribution in [0.25, 0.3) is 0 Å². The highest BCUT2D eigenvalue weighted by molar-refractivity contribution is 5.88. The normalized spacial score (nSPS) is 39.8. The summed E-state index contributed by atoms with van der Waals surface area (Å²) < 4.78 is 12.9. The lowest BCUT2D eigenvalue weighted by molar-refractivity contribution is -0.136. The van der Waals surface area contributed by atoms with Gasteiger partial charge in [-0.25, -0.2) is 9.18 Å². The maximum Gasteiger partial charge on any atom is 0.334 e. The summed E-state index contributed by atoms with van der Waals surface area (Å²) in [7, 11) is 0. The molecule has 0 radical (unpaired) electrons. The Balaban J connectivity index is 2.97. The van der Waals surface area contributed by atoms with Gasteiger partial charge in [0.1, 0.15) is 18.3 Å². The molecule has 0 amide bonds. The van der Waals surface area contributed by atoms with Crippen LogP contribution in [-0.4, -0.2) is 50.9 Å². The molecule has 0 heterocycles. The predicted molar refractivity (Wildman–Crippen MR) is 38.6 cm³/mol. The number of carbonyl (C=O) groups is 1. The van der Waals surface area contributed by atoms with Gasteiger partial charge in [-0.2, -0.15) is 0 Å². The Bertz CT molecular complexity index is 251. The molecule has 1 aliphatic rings. The van der Waals surface area contributed by atoms with E-state index in [-0.39, 0.29) is 0 Å². The van der Waals surface area contributed by atoms with Gasteiger partial charge in [-0.05, 0) is 6.08 Å². The van der Waals surface area contributed by atoms with Crippen molar-refractivity contribution in [2.75, 3.05) is 0 Å². The van der Waals surface area contributed by atoms with Gasteiger partial charge in [0.25, 0.3) is 0 Å². The summed E-state index contributed by atoms with van der Waals surface area (Å²) in [4.78, 5) is 10.4. The van der Waals surface area contributed by atoms with E-state index in [0.717, 1.165) is 0 Å². The number of carboxylic acids is 1. The first kappa shape index (κ1) is 10.1. The van der Waals surface area contributed by atoms with Gasteiger partial charge in [-0.3, -0.25) is 0 Å². The summed E-state index contributed by atoms with van der Waals surface area (Å²) in [6.45, 7) is 0. The fraction of sp³-hybridized carbons (Fsp3) is 0.571. The third-order valence-corrected chi connectivity index (χ3v) is 1.89. The van der Waals surface area contributed by atoms with Crippen molar-refractivity contribution in [1.29, 1.82) is 0 Å². The van der Waals surface area contributed by atoms with Crippen LogP contribution in [0.3, 0.4) is 0 Å². The lowest BCUT2D eigenvalue weighted by Gasteiger charge is -2.28. The Morgan fingerprint density at radius 3 is 2.31 bits per heavy atom. The van der Waals surface area contributed by atoms with Crippen LogP contribution in [0, 0.1) is 0 Å². The van der Waals surface area contributed by atoms with Crippen molar-refractivity contribution in [2.45, 2.75) is 24.5 Å². The Morgan fingerprint density at radius 2 is 1.85 bits per heavy atom. The Hall–Kier alpha value is -0.980. The maximum atomic E-state index is 12.9. The number of aliphatic hydroxyl groups excluding tert-OH is 3. The lowest BCUT2D eigenvalue weighted by Crippen LogP contribution is -2.47. The molecule has 0 aliphatic heterocycles. The molecule has 0 aromatic rings. The number of aliphatic carboxylic acids is 1. The zero-order valence-corrected chi connectivity index (χ0v) is 6.46. The number of alkyl halides is 1. The molecule has 3 unspecified atom stereocenters. The summed E-state index contributed by atoms with van der Waals surface area (Å²) >= 11 is 0. The number of hydrogen-bond acceptors (Lipinski definition) is 4. The zero-order valence-electron chi connectivity index (χ0n) is 6.46. The number of hydrogen-bond donors (Lipinski definition) is 4. The number of carboxylic acid groups (broad SMARTS) is 1. The van der Waals surface area contributed by atoms with E-state index in [9.17, 15) is 9.18 Å². The fourth-order valence-electron chi connectivity index (χ4n) is 1.12. The Morgan fingerprint density at radius 1 is 1.31 bits per heavy atom. The van der Waals surface area contributed by atoms with Gasteiger partial charge in [0.2, 0.25) is 0 Å². The Kier molecular flexibility index (Phi) is 2.65. The van der Waals surface area contributed by atoms with E-state index in [4.69, 9.17) is 20.4 Å². The molecule has 0 aromatic carbocycles. The van der Waals surface area contributed by atoms with Crippen LogP contribution in [0.2, 0.25) is 0 Å². The maximum absolute atomic E-state index is 12.9. The van der Waals surface area contributed by atoms with Crippen molar-refractivity contribution < 1.29 is 29.6 Å². The molecule has 5 nitrogen and oxygen atoms in total. The smallest absolute Gasteiger partial charge is 0.334 e. The molecule has 1 rings (SSSR count). The van der Waals surface area contributed by atoms with Gasteiger partial charge in [0, 0.05) is 0 Å². The van der Waals surface area contributed by atoms with Crippen LogP contribution >= 0.6 is 0 Å². The second kappa shape index (κ2) is 3.41. The quantitative estimate of drug-likeness (QED) is 0.402. The van der Waals surface area contributed by atoms with Crippen molar-refractivity contribution in [3.8, 4) is 0 Å². The van der Waals surface area contributed by atoms with Gasteiger partial charge in [-0.1, -0.05) is 0 Å². The van der Waals surface area contributed by atoms with E-state index in [1.807, 2.05) is 0 Å². The average molecular weight is 192 g/mol. The molecule has 4 N–H and O–H groups in total. The molecular formula is C7H9FO5. The fourth-order valence-corrected chi connectivity index (χ4v) is 1.12. The van der Waals surface area contributed by atoms with E-state index in [0.29, 0.717) is 6.08 Å². The molecule has 0 spiro atoms. The third kappa shape index (κ3) is 1.69. The monoisotopic (exact) mass is 192 g/mol. The number of aliphatic hydroxyl groups is 3. The molecule has 0 aromatic heterocycles. The first-order valence-electron chi connectivity index (χ1n) is 3.58. The van der Waals surface area contributed by atoms with Gasteiger partial charge in [-0.15, -0.1) is 0 Å². The standard InChI is InChI=1S/C7H9FO5/c8-4-2(7(12)13)1-3(9)5(10)6(4)11/h1,3-6,9-11H,(H,12,13)/t3?,4-,5?,6?/m0/s1. The molecular weight excluding hydrogens is 183 g/mol. The van der Waals surface area contributed by atoms with Crippen molar-refractivity contribution in [3.05, 3.63) is 11.6 Å². The average Bonchev–Trinajstić information content (AvgIpc) is 2.07. The second-order valence-electron chi connectivity index (χ2n) is 2.80. The van der Waals surface area contributed by atoms with Gasteiger partial charge in [0.05, 0.1) is 5.57 Å². The third-order valence-electron chi connectivity index (χ3n) is 1.89. The largest absolute Gasteiger partial charge is 0.478 e. The minimum Gasteiger partial charge on any atom is -0.478 e. The van der Waals surface area contributed by atoms with E-state index >= 15 is 0 Å². The molecule has 13 heavy (non-hydrogen) atoms. The molecule has 6 heteroatoms. The first-order valence-corrected chi connectivity index (χ1v) is 3.58. The lowest BCUT2D eigenvalue weighted by atomic mass is 9.90. The first-order chi connectivity index (χ1) is 5.95. The highest BCUT2D eigenvalue weighted by Gasteiger charge is 2.40. The summed E-state index contributed by atoms with van der Waals surface area (Å²) in [6.07, 6.45) is -6.61. The SMILES string of the molecule is O=C(O)C1=CC(O)C(O)C(O)[C@H]1F. The van der Waals surface area contributed by atoms with Crippen molar-refractivity contribution in [1.82, 2.24) is 0 Å². The summed E-state index contributed by atoms with van der Waals surface area (Å²) in [5, 5.41) is 35.3. The van der Waals surface area contributed by atoms with E-state index in [1.54, 1.807) is 0 Å². The van der Waals surface area contributed by atoms with Crippen LogP contribution < -0.4 is 0 Å². The molecule has 0 bridgehead atoms. The van der Waals surface area contributed by atoms with Crippen LogP contribution in [0.5, 0.6) is 0 Å². The zero-order chi connectivity index (χ0) is 10.2. The van der Waals surface area contributed by atoms with E-state index in [2.05, 4.69) is 0 Å².